The predicted molar refractivity (Wildman–Crippen MR) is 197 cm³/mol. The van der Waals surface area contributed by atoms with Gasteiger partial charge < -0.3 is 30.4 Å². The molecule has 0 bridgehead atoms. The number of H-pyrrole nitrogens is 4. The van der Waals surface area contributed by atoms with Crippen LogP contribution in [-0.2, 0) is 22.7 Å². The van der Waals surface area contributed by atoms with Crippen LogP contribution >= 0.6 is 0 Å². The van der Waals surface area contributed by atoms with Gasteiger partial charge in [0.25, 0.3) is 11.8 Å². The van der Waals surface area contributed by atoms with E-state index in [1.807, 2.05) is 0 Å². The number of halogens is 4. The number of benzene rings is 4. The molecule has 15 nitrogen and oxygen atoms in total. The molecule has 0 unspecified atom stereocenters. The van der Waals surface area contributed by atoms with Gasteiger partial charge in [-0.1, -0.05) is 36.4 Å². The third-order valence-electron chi connectivity index (χ3n) is 8.42. The predicted octanol–water partition coefficient (Wildman–Crippen LogP) is 6.52. The summed E-state index contributed by atoms with van der Waals surface area (Å²) in [7, 11) is 0. The number of amides is 2. The van der Waals surface area contributed by atoms with Crippen LogP contribution in [0.15, 0.2) is 85.2 Å². The first-order valence-electron chi connectivity index (χ1n) is 16.8. The largest absolute Gasteiger partial charge is 0.461 e. The summed E-state index contributed by atoms with van der Waals surface area (Å²) >= 11 is 0. The van der Waals surface area contributed by atoms with E-state index < -0.39 is 52.2 Å². The van der Waals surface area contributed by atoms with Gasteiger partial charge in [0.2, 0.25) is 0 Å². The molecule has 0 atom stereocenters. The molecule has 0 saturated heterocycles. The number of aliphatic hydroxyl groups is 1. The number of ether oxygens (including phenoxy) is 1. The van der Waals surface area contributed by atoms with Crippen LogP contribution in [0.4, 0.5) is 28.9 Å². The van der Waals surface area contributed by atoms with Gasteiger partial charge >= 0.3 is 5.97 Å². The molecule has 19 heteroatoms. The van der Waals surface area contributed by atoms with E-state index in [4.69, 9.17) is 4.74 Å². The number of aromatic amines is 4. The maximum Gasteiger partial charge on any atom is 0.302 e. The zero-order valence-corrected chi connectivity index (χ0v) is 29.4. The van der Waals surface area contributed by atoms with Crippen molar-refractivity contribution in [1.82, 2.24) is 40.3 Å². The SMILES string of the molecule is CC(=O)OCc1cccc2[nH]c(-c3[nH]ncc3NC(=O)c3c(F)cccc3F)nc12.O=C(Nc1cn[nH]c1-c1nc2c(CO)cccc2[nH]1)c1c(F)cccc1F. The van der Waals surface area contributed by atoms with E-state index in [1.165, 1.54) is 31.5 Å². The molecular formula is C38H28F4N10O5. The zero-order chi connectivity index (χ0) is 40.2. The highest BCUT2D eigenvalue weighted by Crippen LogP contribution is 2.29. The first-order valence-corrected chi connectivity index (χ1v) is 16.8. The summed E-state index contributed by atoms with van der Waals surface area (Å²) in [5.41, 5.74) is 3.46. The highest BCUT2D eigenvalue weighted by atomic mass is 19.1. The highest BCUT2D eigenvalue weighted by Gasteiger charge is 2.22. The second kappa shape index (κ2) is 16.0. The first kappa shape index (κ1) is 37.6. The van der Waals surface area contributed by atoms with E-state index in [9.17, 15) is 37.1 Å². The van der Waals surface area contributed by atoms with Crippen LogP contribution in [0.3, 0.4) is 0 Å². The van der Waals surface area contributed by atoms with Crippen molar-refractivity contribution in [1.29, 1.82) is 0 Å². The van der Waals surface area contributed by atoms with E-state index >= 15 is 0 Å². The Morgan fingerprint density at radius 2 is 1.07 bits per heavy atom. The fraction of sp³-hybridized carbons (Fsp3) is 0.0789. The van der Waals surface area contributed by atoms with Crippen molar-refractivity contribution >= 4 is 51.2 Å². The lowest BCUT2D eigenvalue weighted by atomic mass is 10.2. The number of carbonyl (C=O) groups is 3. The molecule has 0 saturated carbocycles. The summed E-state index contributed by atoms with van der Waals surface area (Å²) in [6.07, 6.45) is 2.62. The van der Waals surface area contributed by atoms with E-state index in [0.29, 0.717) is 56.2 Å². The molecule has 4 aromatic carbocycles. The molecule has 0 radical (unpaired) electrons. The third-order valence-corrected chi connectivity index (χ3v) is 8.42. The fourth-order valence-corrected chi connectivity index (χ4v) is 5.77. The number of anilines is 2. The Morgan fingerprint density at radius 1 is 0.649 bits per heavy atom. The molecule has 0 fully saturated rings. The molecule has 2 amide bonds. The lowest BCUT2D eigenvalue weighted by Gasteiger charge is -2.06. The summed E-state index contributed by atoms with van der Waals surface area (Å²) in [5, 5.41) is 27.5. The number of aromatic nitrogens is 8. The van der Waals surface area contributed by atoms with Crippen molar-refractivity contribution in [2.24, 2.45) is 0 Å². The standard InChI is InChI=1S/C20H15F2N5O3.C18H13F2N5O2/c1-10(28)30-9-11-4-2-7-14-17(11)26-19(24-14)18-15(8-23-27-18)25-20(29)16-12(21)5-3-6-13(16)22;19-10-4-2-5-11(20)14(10)18(27)23-13-7-21-25-16(13)17-22-12-6-1-3-9(8-26)15(12)24-17/h2-8H,9H2,1H3,(H,23,27)(H,24,26)(H,25,29);1-7,26H,8H2,(H,21,25)(H,22,24)(H,23,27). The average Bonchev–Trinajstić information content (AvgIpc) is 4.00. The van der Waals surface area contributed by atoms with Crippen LogP contribution in [0, 0.1) is 23.3 Å². The monoisotopic (exact) mass is 780 g/mol. The molecule has 4 heterocycles. The second-order valence-electron chi connectivity index (χ2n) is 12.2. The highest BCUT2D eigenvalue weighted by molar-refractivity contribution is 6.07. The smallest absolute Gasteiger partial charge is 0.302 e. The van der Waals surface area contributed by atoms with E-state index in [0.717, 1.165) is 24.3 Å². The third kappa shape index (κ3) is 7.80. The number of fused-ring (bicyclic) bond motifs is 2. The van der Waals surface area contributed by atoms with Gasteiger partial charge in [-0.25, -0.2) is 27.5 Å². The number of hydrogen-bond donors (Lipinski definition) is 7. The van der Waals surface area contributed by atoms with Crippen LogP contribution in [-0.4, -0.2) is 63.2 Å². The summed E-state index contributed by atoms with van der Waals surface area (Å²) in [6, 6.07) is 17.0. The van der Waals surface area contributed by atoms with E-state index in [1.54, 1.807) is 36.4 Å². The molecule has 4 aromatic heterocycles. The minimum Gasteiger partial charge on any atom is -0.461 e. The maximum absolute atomic E-state index is 13.9. The number of imidazole rings is 2. The minimum absolute atomic E-state index is 0.0517. The van der Waals surface area contributed by atoms with Crippen molar-refractivity contribution in [3.8, 4) is 23.0 Å². The van der Waals surface area contributed by atoms with Crippen molar-refractivity contribution in [3.05, 3.63) is 131 Å². The average molecular weight is 781 g/mol. The van der Waals surface area contributed by atoms with Crippen molar-refractivity contribution < 1.29 is 41.8 Å². The number of rotatable bonds is 9. The number of aliphatic hydroxyl groups excluding tert-OH is 1. The van der Waals surface area contributed by atoms with Crippen LogP contribution in [0.5, 0.6) is 0 Å². The summed E-state index contributed by atoms with van der Waals surface area (Å²) in [4.78, 5) is 50.9. The molecular weight excluding hydrogens is 752 g/mol. The van der Waals surface area contributed by atoms with Gasteiger partial charge in [-0.3, -0.25) is 24.6 Å². The van der Waals surface area contributed by atoms with Crippen LogP contribution in [0.1, 0.15) is 38.8 Å². The minimum atomic E-state index is -0.976. The van der Waals surface area contributed by atoms with Crippen LogP contribution in [0.2, 0.25) is 0 Å². The first-order chi connectivity index (χ1) is 27.5. The molecule has 8 aromatic rings. The van der Waals surface area contributed by atoms with Gasteiger partial charge in [-0.2, -0.15) is 10.2 Å². The van der Waals surface area contributed by atoms with E-state index in [2.05, 4.69) is 51.0 Å². The maximum atomic E-state index is 13.9. The van der Waals surface area contributed by atoms with Gasteiger partial charge in [0.05, 0.1) is 52.4 Å². The Bertz CT molecular complexity index is 2750. The number of carbonyl (C=O) groups excluding carboxylic acids is 3. The lowest BCUT2D eigenvalue weighted by Crippen LogP contribution is -2.16. The van der Waals surface area contributed by atoms with Crippen molar-refractivity contribution in [2.75, 3.05) is 10.6 Å². The van der Waals surface area contributed by atoms with Gasteiger partial charge in [0.15, 0.2) is 11.6 Å². The molecule has 7 N–H and O–H groups in total. The molecule has 0 spiro atoms. The molecule has 8 rings (SSSR count). The number of esters is 1. The Hall–Kier alpha value is -7.67. The number of hydrogen-bond acceptors (Lipinski definition) is 9. The van der Waals surface area contributed by atoms with Crippen LogP contribution in [0.25, 0.3) is 45.1 Å². The number of nitrogens with zero attached hydrogens (tertiary/aromatic N) is 4. The van der Waals surface area contributed by atoms with Crippen molar-refractivity contribution in [3.63, 3.8) is 0 Å². The topological polar surface area (TPSA) is 219 Å². The lowest BCUT2D eigenvalue weighted by molar-refractivity contribution is -0.142. The van der Waals surface area contributed by atoms with Gasteiger partial charge in [0, 0.05) is 18.1 Å². The number of para-hydroxylation sites is 2. The summed E-state index contributed by atoms with van der Waals surface area (Å²) in [5.74, 6) is -5.51. The Kier molecular flexibility index (Phi) is 10.5. The normalized spacial score (nSPS) is 11.0. The molecule has 57 heavy (non-hydrogen) atoms. The van der Waals surface area contributed by atoms with E-state index in [-0.39, 0.29) is 24.6 Å². The molecule has 0 aliphatic carbocycles. The molecule has 0 aliphatic heterocycles. The quantitative estimate of drug-likeness (QED) is 0.0625. The van der Waals surface area contributed by atoms with Gasteiger partial charge in [-0.05, 0) is 36.4 Å². The summed E-state index contributed by atoms with van der Waals surface area (Å²) in [6.45, 7) is 1.19. The fourth-order valence-electron chi connectivity index (χ4n) is 5.77. The zero-order valence-electron chi connectivity index (χ0n) is 29.4. The Labute approximate surface area is 317 Å². The van der Waals surface area contributed by atoms with Crippen molar-refractivity contribution in [2.45, 2.75) is 20.1 Å². The second-order valence-corrected chi connectivity index (χ2v) is 12.2. The van der Waals surface area contributed by atoms with Crippen LogP contribution < -0.4 is 10.6 Å². The molecule has 0 aliphatic rings. The Morgan fingerprint density at radius 3 is 1.51 bits per heavy atom. The number of nitrogens with one attached hydrogen (secondary N) is 6. The van der Waals surface area contributed by atoms with Gasteiger partial charge in [0.1, 0.15) is 52.4 Å². The molecule has 288 valence electrons. The summed E-state index contributed by atoms with van der Waals surface area (Å²) < 4.78 is 60.4. The van der Waals surface area contributed by atoms with Gasteiger partial charge in [-0.15, -0.1) is 0 Å². The Balaban J connectivity index is 0.000000175.